The fourth-order valence-electron chi connectivity index (χ4n) is 1.63. The Hall–Kier alpha value is -1.13. The number of ketones is 1. The third-order valence-corrected chi connectivity index (χ3v) is 3.51. The van der Waals surface area contributed by atoms with Crippen LogP contribution in [0, 0.1) is 5.92 Å². The summed E-state index contributed by atoms with van der Waals surface area (Å²) in [6, 6.07) is 4.13. The number of carboxylic acid groups (broad SMARTS) is 1. The molecule has 90 valence electrons. The van der Waals surface area contributed by atoms with Gasteiger partial charge in [0.2, 0.25) is 5.67 Å². The highest BCUT2D eigenvalue weighted by atomic mass is 35.5. The highest BCUT2D eigenvalue weighted by Crippen LogP contribution is 2.49. The molecule has 1 fully saturated rings. The van der Waals surface area contributed by atoms with E-state index in [0.29, 0.717) is 0 Å². The molecule has 1 aliphatic carbocycles. The van der Waals surface area contributed by atoms with Crippen molar-refractivity contribution in [2.75, 3.05) is 0 Å². The molecule has 1 aromatic carbocycles. The Labute approximate surface area is 106 Å². The molecule has 0 heterocycles. The number of alkyl halides is 1. The Bertz CT molecular complexity index is 517. The lowest BCUT2D eigenvalue weighted by molar-refractivity contribution is -0.145. The largest absolute Gasteiger partial charge is 0.479 e. The maximum absolute atomic E-state index is 13.5. The molecule has 1 N–H and O–H groups in total. The number of carboxylic acids is 1. The van der Waals surface area contributed by atoms with Crippen molar-refractivity contribution < 1.29 is 19.1 Å². The van der Waals surface area contributed by atoms with Crippen LogP contribution in [-0.2, 0) is 4.79 Å². The number of benzene rings is 1. The van der Waals surface area contributed by atoms with Crippen molar-refractivity contribution in [2.24, 2.45) is 5.92 Å². The van der Waals surface area contributed by atoms with E-state index in [4.69, 9.17) is 28.3 Å². The fourth-order valence-corrected chi connectivity index (χ4v) is 1.92. The Morgan fingerprint density at radius 2 is 2.00 bits per heavy atom. The molecular formula is C11H7Cl2FO3. The van der Waals surface area contributed by atoms with Crippen LogP contribution >= 0.6 is 23.2 Å². The van der Waals surface area contributed by atoms with Crippen LogP contribution in [0.3, 0.4) is 0 Å². The van der Waals surface area contributed by atoms with E-state index in [-0.39, 0.29) is 22.0 Å². The second-order valence-corrected chi connectivity index (χ2v) is 4.73. The highest BCUT2D eigenvalue weighted by Gasteiger charge is 2.65. The number of Topliss-reactive ketones (excluding diaryl/α,β-unsaturated/α-hetero) is 1. The van der Waals surface area contributed by atoms with Crippen molar-refractivity contribution in [1.82, 2.24) is 0 Å². The second-order valence-electron chi connectivity index (χ2n) is 3.92. The molecule has 6 heteroatoms. The fraction of sp³-hybridized carbons (Fsp3) is 0.273. The lowest BCUT2D eigenvalue weighted by Gasteiger charge is -2.03. The van der Waals surface area contributed by atoms with Crippen molar-refractivity contribution in [3.63, 3.8) is 0 Å². The topological polar surface area (TPSA) is 54.4 Å². The van der Waals surface area contributed by atoms with Crippen LogP contribution in [0.2, 0.25) is 10.0 Å². The molecule has 1 saturated carbocycles. The first-order chi connectivity index (χ1) is 7.86. The van der Waals surface area contributed by atoms with Gasteiger partial charge in [0.15, 0.2) is 5.78 Å². The van der Waals surface area contributed by atoms with Gasteiger partial charge in [-0.05, 0) is 18.2 Å². The summed E-state index contributed by atoms with van der Waals surface area (Å²) >= 11 is 11.4. The third-order valence-electron chi connectivity index (χ3n) is 2.77. The second kappa shape index (κ2) is 3.96. The zero-order chi connectivity index (χ0) is 12.8. The SMILES string of the molecule is O=C(c1ccc(Cl)c(Cl)c1)C1CC1(F)C(=O)O. The molecule has 2 atom stereocenters. The van der Waals surface area contributed by atoms with Gasteiger partial charge in [-0.3, -0.25) is 4.79 Å². The maximum Gasteiger partial charge on any atom is 0.342 e. The maximum atomic E-state index is 13.5. The zero-order valence-corrected chi connectivity index (χ0v) is 9.93. The van der Waals surface area contributed by atoms with Crippen LogP contribution in [0.5, 0.6) is 0 Å². The number of hydrogen-bond acceptors (Lipinski definition) is 2. The molecule has 1 aromatic rings. The van der Waals surface area contributed by atoms with E-state index >= 15 is 0 Å². The van der Waals surface area contributed by atoms with E-state index in [1.165, 1.54) is 18.2 Å². The third kappa shape index (κ3) is 2.03. The number of carbonyl (C=O) groups is 2. The lowest BCUT2D eigenvalue weighted by Crippen LogP contribution is -2.22. The molecule has 0 radical (unpaired) electrons. The number of rotatable bonds is 3. The highest BCUT2D eigenvalue weighted by molar-refractivity contribution is 6.42. The predicted octanol–water partition coefficient (Wildman–Crippen LogP) is 2.99. The Morgan fingerprint density at radius 1 is 1.35 bits per heavy atom. The van der Waals surface area contributed by atoms with Gasteiger partial charge in [-0.2, -0.15) is 0 Å². The van der Waals surface area contributed by atoms with Gasteiger partial charge in [0.05, 0.1) is 16.0 Å². The molecule has 2 unspecified atom stereocenters. The molecule has 17 heavy (non-hydrogen) atoms. The number of aliphatic carboxylic acids is 1. The average molecular weight is 277 g/mol. The summed E-state index contributed by atoms with van der Waals surface area (Å²) in [6.45, 7) is 0. The van der Waals surface area contributed by atoms with E-state index < -0.39 is 23.3 Å². The standard InChI is InChI=1S/C11H7Cl2FO3/c12-7-2-1-5(3-8(7)13)9(15)6-4-11(6,14)10(16)17/h1-3,6H,4H2,(H,16,17). The predicted molar refractivity (Wildman–Crippen MR) is 60.4 cm³/mol. The summed E-state index contributed by atoms with van der Waals surface area (Å²) in [5, 5.41) is 9.06. The van der Waals surface area contributed by atoms with Crippen LogP contribution in [-0.4, -0.2) is 22.5 Å². The van der Waals surface area contributed by atoms with Gasteiger partial charge in [-0.1, -0.05) is 23.2 Å². The Morgan fingerprint density at radius 3 is 2.47 bits per heavy atom. The summed E-state index contributed by atoms with van der Waals surface area (Å²) in [5.41, 5.74) is -2.26. The lowest BCUT2D eigenvalue weighted by atomic mass is 10.1. The molecule has 0 amide bonds. The summed E-state index contributed by atoms with van der Waals surface area (Å²) in [5.74, 6) is -3.29. The Kier molecular flexibility index (Phi) is 2.87. The van der Waals surface area contributed by atoms with Crippen molar-refractivity contribution in [3.8, 4) is 0 Å². The number of hydrogen-bond donors (Lipinski definition) is 1. The molecule has 2 rings (SSSR count). The van der Waals surface area contributed by atoms with Crippen LogP contribution in [0.15, 0.2) is 18.2 Å². The molecular weight excluding hydrogens is 270 g/mol. The minimum absolute atomic E-state index is 0.171. The van der Waals surface area contributed by atoms with Crippen molar-refractivity contribution in [3.05, 3.63) is 33.8 Å². The number of halogens is 3. The van der Waals surface area contributed by atoms with E-state index in [1.54, 1.807) is 0 Å². The van der Waals surface area contributed by atoms with Gasteiger partial charge < -0.3 is 5.11 Å². The summed E-state index contributed by atoms with van der Waals surface area (Å²) in [4.78, 5) is 22.4. The Balaban J connectivity index is 2.23. The molecule has 0 saturated heterocycles. The van der Waals surface area contributed by atoms with E-state index in [0.717, 1.165) is 0 Å². The van der Waals surface area contributed by atoms with Crippen molar-refractivity contribution in [1.29, 1.82) is 0 Å². The molecule has 0 aromatic heterocycles. The van der Waals surface area contributed by atoms with Crippen LogP contribution < -0.4 is 0 Å². The smallest absolute Gasteiger partial charge is 0.342 e. The summed E-state index contributed by atoms with van der Waals surface area (Å²) in [7, 11) is 0. The monoisotopic (exact) mass is 276 g/mol. The van der Waals surface area contributed by atoms with E-state index in [9.17, 15) is 14.0 Å². The number of carbonyl (C=O) groups excluding carboxylic acids is 1. The summed E-state index contributed by atoms with van der Waals surface area (Å²) in [6.07, 6.45) is -0.290. The van der Waals surface area contributed by atoms with Gasteiger partial charge >= 0.3 is 5.97 Å². The quantitative estimate of drug-likeness (QED) is 0.864. The van der Waals surface area contributed by atoms with Crippen molar-refractivity contribution in [2.45, 2.75) is 12.1 Å². The molecule has 3 nitrogen and oxygen atoms in total. The first-order valence-corrected chi connectivity index (χ1v) is 5.53. The van der Waals surface area contributed by atoms with E-state index in [2.05, 4.69) is 0 Å². The van der Waals surface area contributed by atoms with Gasteiger partial charge in [-0.15, -0.1) is 0 Å². The first-order valence-electron chi connectivity index (χ1n) is 4.78. The zero-order valence-electron chi connectivity index (χ0n) is 8.41. The van der Waals surface area contributed by atoms with Gasteiger partial charge in [0, 0.05) is 12.0 Å². The van der Waals surface area contributed by atoms with Crippen LogP contribution in [0.25, 0.3) is 0 Å². The summed E-state index contributed by atoms with van der Waals surface area (Å²) < 4.78 is 13.5. The first kappa shape index (κ1) is 12.3. The van der Waals surface area contributed by atoms with Gasteiger partial charge in [0.1, 0.15) is 0 Å². The van der Waals surface area contributed by atoms with Crippen molar-refractivity contribution >= 4 is 35.0 Å². The normalized spacial score (nSPS) is 26.6. The van der Waals surface area contributed by atoms with E-state index in [1.807, 2.05) is 0 Å². The molecule has 0 aliphatic heterocycles. The van der Waals surface area contributed by atoms with Crippen LogP contribution in [0.1, 0.15) is 16.8 Å². The minimum Gasteiger partial charge on any atom is -0.479 e. The molecule has 0 spiro atoms. The molecule has 0 bridgehead atoms. The minimum atomic E-state index is -2.43. The van der Waals surface area contributed by atoms with Gasteiger partial charge in [0.25, 0.3) is 0 Å². The molecule has 1 aliphatic rings. The van der Waals surface area contributed by atoms with Gasteiger partial charge in [-0.25, -0.2) is 9.18 Å². The average Bonchev–Trinajstić information content (AvgIpc) is 2.95. The van der Waals surface area contributed by atoms with Crippen LogP contribution in [0.4, 0.5) is 4.39 Å².